The Hall–Kier alpha value is -2.55. The fraction of sp³-hybridized carbons (Fsp3) is 0.211. The molecule has 0 saturated carbocycles. The average molecular weight is 292 g/mol. The Morgan fingerprint density at radius 3 is 2.45 bits per heavy atom. The zero-order chi connectivity index (χ0) is 15.5. The quantitative estimate of drug-likeness (QED) is 0.713. The first-order valence-corrected chi connectivity index (χ1v) is 7.61. The Morgan fingerprint density at radius 2 is 1.73 bits per heavy atom. The molecule has 3 aromatic rings. The molecule has 0 aliphatic rings. The van der Waals surface area contributed by atoms with Crippen molar-refractivity contribution in [3.8, 4) is 0 Å². The summed E-state index contributed by atoms with van der Waals surface area (Å²) < 4.78 is 2.09. The number of hydrogen-bond acceptors (Lipinski definition) is 1. The highest BCUT2D eigenvalue weighted by Crippen LogP contribution is 2.20. The van der Waals surface area contributed by atoms with Crippen LogP contribution in [0.25, 0.3) is 10.9 Å². The van der Waals surface area contributed by atoms with E-state index in [1.807, 2.05) is 61.2 Å². The highest BCUT2D eigenvalue weighted by Gasteiger charge is 2.16. The van der Waals surface area contributed by atoms with Crippen LogP contribution in [-0.2, 0) is 11.3 Å². The number of carbonyl (C=O) groups is 1. The van der Waals surface area contributed by atoms with E-state index in [2.05, 4.69) is 22.8 Å². The third kappa shape index (κ3) is 2.62. The van der Waals surface area contributed by atoms with Crippen LogP contribution >= 0.6 is 0 Å². The molecule has 3 heteroatoms. The van der Waals surface area contributed by atoms with Gasteiger partial charge in [0.2, 0.25) is 5.91 Å². The van der Waals surface area contributed by atoms with Gasteiger partial charge in [0.15, 0.2) is 0 Å². The number of aromatic nitrogens is 1. The molecule has 3 nitrogen and oxygen atoms in total. The number of aryl methyl sites for hydroxylation is 1. The van der Waals surface area contributed by atoms with E-state index >= 15 is 0 Å². The van der Waals surface area contributed by atoms with Crippen molar-refractivity contribution < 1.29 is 4.79 Å². The van der Waals surface area contributed by atoms with Crippen molar-refractivity contribution in [3.63, 3.8) is 0 Å². The van der Waals surface area contributed by atoms with Gasteiger partial charge in [0, 0.05) is 23.4 Å². The van der Waals surface area contributed by atoms with Gasteiger partial charge in [0.25, 0.3) is 0 Å². The van der Waals surface area contributed by atoms with E-state index in [9.17, 15) is 4.79 Å². The van der Waals surface area contributed by atoms with Crippen LogP contribution < -0.4 is 4.90 Å². The van der Waals surface area contributed by atoms with E-state index in [1.165, 1.54) is 5.39 Å². The van der Waals surface area contributed by atoms with Gasteiger partial charge in [-0.15, -0.1) is 0 Å². The number of carbonyl (C=O) groups excluding carboxylic acids is 1. The van der Waals surface area contributed by atoms with Crippen LogP contribution in [0.3, 0.4) is 0 Å². The SMILES string of the molecule is CCN(C(=O)Cn1c(C)cc2ccccc21)c1ccccc1. The van der Waals surface area contributed by atoms with Gasteiger partial charge in [-0.2, -0.15) is 0 Å². The number of benzene rings is 2. The lowest BCUT2D eigenvalue weighted by Crippen LogP contribution is -2.33. The molecule has 1 aromatic heterocycles. The molecule has 112 valence electrons. The Labute approximate surface area is 130 Å². The average Bonchev–Trinajstić information content (AvgIpc) is 2.85. The number of anilines is 1. The molecular formula is C19H20N2O. The maximum Gasteiger partial charge on any atom is 0.246 e. The molecule has 3 rings (SSSR count). The lowest BCUT2D eigenvalue weighted by atomic mass is 10.2. The molecule has 1 amide bonds. The molecule has 0 radical (unpaired) electrons. The fourth-order valence-electron chi connectivity index (χ4n) is 2.89. The second-order valence-corrected chi connectivity index (χ2v) is 5.40. The molecular weight excluding hydrogens is 272 g/mol. The lowest BCUT2D eigenvalue weighted by molar-refractivity contribution is -0.119. The maximum atomic E-state index is 12.7. The van der Waals surface area contributed by atoms with Crippen molar-refractivity contribution in [3.05, 3.63) is 66.4 Å². The summed E-state index contributed by atoms with van der Waals surface area (Å²) in [6, 6.07) is 20.1. The van der Waals surface area contributed by atoms with Gasteiger partial charge in [-0.3, -0.25) is 4.79 Å². The molecule has 2 aromatic carbocycles. The molecule has 0 bridgehead atoms. The van der Waals surface area contributed by atoms with Crippen LogP contribution in [0.2, 0.25) is 0 Å². The van der Waals surface area contributed by atoms with Crippen molar-refractivity contribution in [1.29, 1.82) is 0 Å². The summed E-state index contributed by atoms with van der Waals surface area (Å²) in [5.74, 6) is 0.109. The summed E-state index contributed by atoms with van der Waals surface area (Å²) in [5.41, 5.74) is 3.17. The van der Waals surface area contributed by atoms with Crippen LogP contribution in [0, 0.1) is 6.92 Å². The summed E-state index contributed by atoms with van der Waals surface area (Å²) in [7, 11) is 0. The van der Waals surface area contributed by atoms with Crippen molar-refractivity contribution in [2.75, 3.05) is 11.4 Å². The summed E-state index contributed by atoms with van der Waals surface area (Å²) in [5, 5.41) is 1.18. The maximum absolute atomic E-state index is 12.7. The van der Waals surface area contributed by atoms with Crippen molar-refractivity contribution in [2.24, 2.45) is 0 Å². The van der Waals surface area contributed by atoms with Gasteiger partial charge in [-0.05, 0) is 43.5 Å². The number of rotatable bonds is 4. The van der Waals surface area contributed by atoms with Crippen molar-refractivity contribution in [2.45, 2.75) is 20.4 Å². The molecule has 0 N–H and O–H groups in total. The molecule has 1 heterocycles. The van der Waals surface area contributed by atoms with Crippen LogP contribution in [0.15, 0.2) is 60.7 Å². The van der Waals surface area contributed by atoms with E-state index in [1.54, 1.807) is 0 Å². The van der Waals surface area contributed by atoms with Gasteiger partial charge >= 0.3 is 0 Å². The van der Waals surface area contributed by atoms with Gasteiger partial charge in [-0.1, -0.05) is 36.4 Å². The van der Waals surface area contributed by atoms with Gasteiger partial charge in [0.05, 0.1) is 0 Å². The van der Waals surface area contributed by atoms with E-state index in [4.69, 9.17) is 0 Å². The first kappa shape index (κ1) is 14.4. The van der Waals surface area contributed by atoms with Gasteiger partial charge in [0.1, 0.15) is 6.54 Å². The standard InChI is InChI=1S/C19H20N2O/c1-3-20(17-10-5-4-6-11-17)19(22)14-21-15(2)13-16-9-7-8-12-18(16)21/h4-13H,3,14H2,1-2H3. The Morgan fingerprint density at radius 1 is 1.05 bits per heavy atom. The monoisotopic (exact) mass is 292 g/mol. The zero-order valence-corrected chi connectivity index (χ0v) is 13.0. The predicted molar refractivity (Wildman–Crippen MR) is 91.1 cm³/mol. The molecule has 0 unspecified atom stereocenters. The number of fused-ring (bicyclic) bond motifs is 1. The third-order valence-electron chi connectivity index (χ3n) is 4.00. The fourth-order valence-corrected chi connectivity index (χ4v) is 2.89. The highest BCUT2D eigenvalue weighted by atomic mass is 16.2. The number of para-hydroxylation sites is 2. The molecule has 0 saturated heterocycles. The van der Waals surface area contributed by atoms with Crippen LogP contribution in [0.5, 0.6) is 0 Å². The zero-order valence-electron chi connectivity index (χ0n) is 13.0. The topological polar surface area (TPSA) is 25.2 Å². The molecule has 0 atom stereocenters. The highest BCUT2D eigenvalue weighted by molar-refractivity contribution is 5.94. The Balaban J connectivity index is 1.91. The number of likely N-dealkylation sites (N-methyl/N-ethyl adjacent to an activating group) is 1. The minimum absolute atomic E-state index is 0.109. The van der Waals surface area contributed by atoms with Gasteiger partial charge in [-0.25, -0.2) is 0 Å². The van der Waals surface area contributed by atoms with Crippen LogP contribution in [0.4, 0.5) is 5.69 Å². The van der Waals surface area contributed by atoms with Crippen LogP contribution in [-0.4, -0.2) is 17.0 Å². The van der Waals surface area contributed by atoms with E-state index in [-0.39, 0.29) is 5.91 Å². The molecule has 0 aliphatic heterocycles. The first-order chi connectivity index (χ1) is 10.7. The van der Waals surface area contributed by atoms with E-state index < -0.39 is 0 Å². The summed E-state index contributed by atoms with van der Waals surface area (Å²) in [4.78, 5) is 14.6. The third-order valence-corrected chi connectivity index (χ3v) is 4.00. The number of nitrogens with zero attached hydrogens (tertiary/aromatic N) is 2. The minimum Gasteiger partial charge on any atom is -0.335 e. The van der Waals surface area contributed by atoms with E-state index in [0.29, 0.717) is 13.1 Å². The summed E-state index contributed by atoms with van der Waals surface area (Å²) in [6.45, 7) is 5.08. The normalized spacial score (nSPS) is 10.8. The Kier molecular flexibility index (Phi) is 3.96. The predicted octanol–water partition coefficient (Wildman–Crippen LogP) is 4.00. The molecule has 0 aliphatic carbocycles. The number of amides is 1. The first-order valence-electron chi connectivity index (χ1n) is 7.61. The number of hydrogen-bond donors (Lipinski definition) is 0. The van der Waals surface area contributed by atoms with Crippen LogP contribution in [0.1, 0.15) is 12.6 Å². The Bertz CT molecular complexity index is 790. The summed E-state index contributed by atoms with van der Waals surface area (Å²) in [6.07, 6.45) is 0. The molecule has 0 fully saturated rings. The second kappa shape index (κ2) is 6.06. The van der Waals surface area contributed by atoms with E-state index in [0.717, 1.165) is 16.9 Å². The smallest absolute Gasteiger partial charge is 0.246 e. The molecule has 22 heavy (non-hydrogen) atoms. The molecule has 0 spiro atoms. The summed E-state index contributed by atoms with van der Waals surface area (Å²) >= 11 is 0. The van der Waals surface area contributed by atoms with Gasteiger partial charge < -0.3 is 9.47 Å². The van der Waals surface area contributed by atoms with Crippen molar-refractivity contribution >= 4 is 22.5 Å². The largest absolute Gasteiger partial charge is 0.335 e. The minimum atomic E-state index is 0.109. The lowest BCUT2D eigenvalue weighted by Gasteiger charge is -2.22. The van der Waals surface area contributed by atoms with Crippen molar-refractivity contribution in [1.82, 2.24) is 4.57 Å². The second-order valence-electron chi connectivity index (χ2n) is 5.40.